The second kappa shape index (κ2) is 4.80. The Morgan fingerprint density at radius 3 is 3.05 bits per heavy atom. The molecule has 3 rings (SSSR count). The van der Waals surface area contributed by atoms with Gasteiger partial charge >= 0.3 is 0 Å². The molecule has 0 spiro atoms. The van der Waals surface area contributed by atoms with Gasteiger partial charge in [-0.15, -0.1) is 0 Å². The second-order valence-electron chi connectivity index (χ2n) is 4.60. The maximum Gasteiger partial charge on any atom is 0.287 e. The van der Waals surface area contributed by atoms with Gasteiger partial charge in [-0.25, -0.2) is 9.50 Å². The van der Waals surface area contributed by atoms with Crippen LogP contribution in [0.25, 0.3) is 5.65 Å². The summed E-state index contributed by atoms with van der Waals surface area (Å²) in [5.41, 5.74) is 3.57. The van der Waals surface area contributed by atoms with Crippen molar-refractivity contribution in [1.29, 1.82) is 0 Å². The van der Waals surface area contributed by atoms with Crippen molar-refractivity contribution in [2.45, 2.75) is 20.4 Å². The van der Waals surface area contributed by atoms with Gasteiger partial charge in [0.05, 0.1) is 12.5 Å². The van der Waals surface area contributed by atoms with Gasteiger partial charge < -0.3 is 9.73 Å². The van der Waals surface area contributed by atoms with Crippen molar-refractivity contribution in [2.75, 3.05) is 0 Å². The SMILES string of the molecule is Cc1cc(C)n2ncc(CNC(=O)c3ccco3)c2n1. The molecule has 6 heteroatoms. The number of hydrogen-bond donors (Lipinski definition) is 1. The lowest BCUT2D eigenvalue weighted by Gasteiger charge is -2.03. The number of carbonyl (C=O) groups excluding carboxylic acids is 1. The van der Waals surface area contributed by atoms with Gasteiger partial charge in [-0.1, -0.05) is 0 Å². The van der Waals surface area contributed by atoms with Gasteiger partial charge in [0.1, 0.15) is 0 Å². The molecule has 0 saturated carbocycles. The van der Waals surface area contributed by atoms with Crippen LogP contribution in [0.5, 0.6) is 0 Å². The predicted octanol–water partition coefficient (Wildman–Crippen LogP) is 1.87. The maximum atomic E-state index is 11.8. The van der Waals surface area contributed by atoms with E-state index in [-0.39, 0.29) is 5.91 Å². The Balaban J connectivity index is 1.83. The number of amides is 1. The highest BCUT2D eigenvalue weighted by molar-refractivity contribution is 5.91. The highest BCUT2D eigenvalue weighted by Gasteiger charge is 2.11. The van der Waals surface area contributed by atoms with Crippen LogP contribution in [-0.2, 0) is 6.54 Å². The van der Waals surface area contributed by atoms with Gasteiger partial charge in [0, 0.05) is 23.5 Å². The van der Waals surface area contributed by atoms with Crippen LogP contribution in [0.15, 0.2) is 35.1 Å². The summed E-state index contributed by atoms with van der Waals surface area (Å²) in [5, 5.41) is 7.07. The first kappa shape index (κ1) is 12.4. The fraction of sp³-hybridized carbons (Fsp3) is 0.214. The van der Waals surface area contributed by atoms with E-state index in [2.05, 4.69) is 15.4 Å². The van der Waals surface area contributed by atoms with E-state index < -0.39 is 0 Å². The lowest BCUT2D eigenvalue weighted by atomic mass is 10.3. The number of hydrogen-bond acceptors (Lipinski definition) is 4. The molecule has 3 heterocycles. The van der Waals surface area contributed by atoms with Crippen molar-refractivity contribution in [3.63, 3.8) is 0 Å². The highest BCUT2D eigenvalue weighted by atomic mass is 16.3. The van der Waals surface area contributed by atoms with Gasteiger partial charge in [-0.2, -0.15) is 5.10 Å². The molecule has 6 nitrogen and oxygen atoms in total. The first-order valence-electron chi connectivity index (χ1n) is 6.28. The van der Waals surface area contributed by atoms with Crippen LogP contribution in [0.2, 0.25) is 0 Å². The quantitative estimate of drug-likeness (QED) is 0.788. The average Bonchev–Trinajstić information content (AvgIpc) is 3.05. The fourth-order valence-corrected chi connectivity index (χ4v) is 2.11. The Labute approximate surface area is 115 Å². The van der Waals surface area contributed by atoms with E-state index >= 15 is 0 Å². The normalized spacial score (nSPS) is 10.9. The molecule has 3 aromatic rings. The lowest BCUT2D eigenvalue weighted by molar-refractivity contribution is 0.0923. The van der Waals surface area contributed by atoms with Crippen LogP contribution in [-0.4, -0.2) is 20.5 Å². The first-order valence-corrected chi connectivity index (χ1v) is 6.28. The second-order valence-corrected chi connectivity index (χ2v) is 4.60. The lowest BCUT2D eigenvalue weighted by Crippen LogP contribution is -2.22. The van der Waals surface area contributed by atoms with Gasteiger partial charge in [-0.3, -0.25) is 4.79 Å². The number of fused-ring (bicyclic) bond motifs is 1. The third-order valence-electron chi connectivity index (χ3n) is 3.04. The summed E-state index contributed by atoms with van der Waals surface area (Å²) in [6, 6.07) is 5.27. The molecule has 0 aliphatic carbocycles. The third-order valence-corrected chi connectivity index (χ3v) is 3.04. The van der Waals surface area contributed by atoms with E-state index in [1.54, 1.807) is 22.8 Å². The van der Waals surface area contributed by atoms with Crippen LogP contribution >= 0.6 is 0 Å². The standard InChI is InChI=1S/C14H14N4O2/c1-9-6-10(2)18-13(17-9)11(8-16-18)7-15-14(19)12-4-3-5-20-12/h3-6,8H,7H2,1-2H3,(H,15,19). The van der Waals surface area contributed by atoms with Crippen LogP contribution in [0.1, 0.15) is 27.5 Å². The average molecular weight is 270 g/mol. The molecular formula is C14H14N4O2. The van der Waals surface area contributed by atoms with Gasteiger partial charge in [0.25, 0.3) is 5.91 Å². The summed E-state index contributed by atoms with van der Waals surface area (Å²) in [5.74, 6) is 0.0421. The molecule has 1 N–H and O–H groups in total. The summed E-state index contributed by atoms with van der Waals surface area (Å²) in [4.78, 5) is 16.3. The first-order chi connectivity index (χ1) is 9.65. The minimum absolute atomic E-state index is 0.251. The van der Waals surface area contributed by atoms with Crippen LogP contribution < -0.4 is 5.32 Å². The van der Waals surface area contributed by atoms with E-state index in [4.69, 9.17) is 4.42 Å². The number of nitrogens with one attached hydrogen (secondary N) is 1. The molecule has 20 heavy (non-hydrogen) atoms. The molecule has 0 fully saturated rings. The Hall–Kier alpha value is -2.63. The van der Waals surface area contributed by atoms with Gasteiger partial charge in [-0.05, 0) is 32.0 Å². The number of rotatable bonds is 3. The third kappa shape index (κ3) is 2.16. The molecule has 0 unspecified atom stereocenters. The fourth-order valence-electron chi connectivity index (χ4n) is 2.11. The summed E-state index contributed by atoms with van der Waals surface area (Å²) < 4.78 is 6.81. The number of aromatic nitrogens is 3. The number of nitrogens with zero attached hydrogens (tertiary/aromatic N) is 3. The van der Waals surface area contributed by atoms with Crippen molar-refractivity contribution < 1.29 is 9.21 Å². The number of carbonyl (C=O) groups is 1. The monoisotopic (exact) mass is 270 g/mol. The Morgan fingerprint density at radius 1 is 1.45 bits per heavy atom. The minimum atomic E-state index is -0.251. The van der Waals surface area contributed by atoms with Crippen molar-refractivity contribution in [1.82, 2.24) is 19.9 Å². The van der Waals surface area contributed by atoms with Gasteiger partial charge in [0.15, 0.2) is 11.4 Å². The molecular weight excluding hydrogens is 256 g/mol. The number of aryl methyl sites for hydroxylation is 2. The maximum absolute atomic E-state index is 11.8. The van der Waals surface area contributed by atoms with Crippen LogP contribution in [0.4, 0.5) is 0 Å². The molecule has 0 saturated heterocycles. The summed E-state index contributed by atoms with van der Waals surface area (Å²) in [7, 11) is 0. The molecule has 0 bridgehead atoms. The Bertz CT molecular complexity index is 759. The zero-order valence-corrected chi connectivity index (χ0v) is 11.3. The summed E-state index contributed by atoms with van der Waals surface area (Å²) in [6.45, 7) is 4.27. The predicted molar refractivity (Wildman–Crippen MR) is 72.3 cm³/mol. The molecule has 0 atom stereocenters. The Kier molecular flexibility index (Phi) is 2.98. The molecule has 0 aliphatic heterocycles. The molecule has 0 aromatic carbocycles. The van der Waals surface area contributed by atoms with Crippen molar-refractivity contribution >= 4 is 11.6 Å². The van der Waals surface area contributed by atoms with Crippen molar-refractivity contribution in [3.8, 4) is 0 Å². The molecule has 0 aliphatic rings. The van der Waals surface area contributed by atoms with Crippen LogP contribution in [0.3, 0.4) is 0 Å². The minimum Gasteiger partial charge on any atom is -0.459 e. The highest BCUT2D eigenvalue weighted by Crippen LogP contribution is 2.12. The molecule has 3 aromatic heterocycles. The molecule has 1 amide bonds. The summed E-state index contributed by atoms with van der Waals surface area (Å²) >= 11 is 0. The van der Waals surface area contributed by atoms with Crippen molar-refractivity contribution in [3.05, 3.63) is 53.4 Å². The van der Waals surface area contributed by atoms with E-state index in [9.17, 15) is 4.79 Å². The summed E-state index contributed by atoms with van der Waals surface area (Å²) in [6.07, 6.45) is 3.19. The molecule has 102 valence electrons. The van der Waals surface area contributed by atoms with E-state index in [0.717, 1.165) is 22.6 Å². The number of furan rings is 1. The zero-order valence-electron chi connectivity index (χ0n) is 11.3. The molecule has 0 radical (unpaired) electrons. The Morgan fingerprint density at radius 2 is 2.30 bits per heavy atom. The van der Waals surface area contributed by atoms with Crippen LogP contribution in [0, 0.1) is 13.8 Å². The topological polar surface area (TPSA) is 72.4 Å². The van der Waals surface area contributed by atoms with E-state index in [1.165, 1.54) is 6.26 Å². The largest absolute Gasteiger partial charge is 0.459 e. The van der Waals surface area contributed by atoms with E-state index in [1.807, 2.05) is 19.9 Å². The van der Waals surface area contributed by atoms with E-state index in [0.29, 0.717) is 12.3 Å². The van der Waals surface area contributed by atoms with Gasteiger partial charge in [0.2, 0.25) is 0 Å². The van der Waals surface area contributed by atoms with Crippen molar-refractivity contribution in [2.24, 2.45) is 0 Å². The smallest absolute Gasteiger partial charge is 0.287 e. The zero-order chi connectivity index (χ0) is 14.1.